The Morgan fingerprint density at radius 1 is 1.11 bits per heavy atom. The van der Waals surface area contributed by atoms with E-state index in [9.17, 15) is 0 Å². The molecule has 3 heteroatoms. The van der Waals surface area contributed by atoms with Gasteiger partial charge in [-0.25, -0.2) is 0 Å². The molecule has 0 aliphatic rings. The maximum atomic E-state index is 6.04. The van der Waals surface area contributed by atoms with Crippen molar-refractivity contribution in [3.63, 3.8) is 0 Å². The Bertz CT molecular complexity index is 561. The van der Waals surface area contributed by atoms with Crippen molar-refractivity contribution >= 4 is 23.5 Å². The van der Waals surface area contributed by atoms with Gasteiger partial charge in [0.1, 0.15) is 5.75 Å². The first-order valence-electron chi connectivity index (χ1n) is 5.64. The van der Waals surface area contributed by atoms with E-state index in [0.29, 0.717) is 0 Å². The molecular formula is C15H14ClNO. The molecule has 92 valence electrons. The van der Waals surface area contributed by atoms with Gasteiger partial charge in [-0.2, -0.15) is 0 Å². The van der Waals surface area contributed by atoms with E-state index < -0.39 is 0 Å². The molecule has 2 nitrogen and oxygen atoms in total. The van der Waals surface area contributed by atoms with Crippen molar-refractivity contribution in [2.45, 2.75) is 6.92 Å². The summed E-state index contributed by atoms with van der Waals surface area (Å²) in [5.74, 6) is 0.839. The van der Waals surface area contributed by atoms with Crippen LogP contribution in [0.25, 0.3) is 0 Å². The van der Waals surface area contributed by atoms with Crippen LogP contribution in [0.1, 0.15) is 11.1 Å². The Morgan fingerprint density at radius 2 is 1.83 bits per heavy atom. The average molecular weight is 260 g/mol. The molecule has 18 heavy (non-hydrogen) atoms. The van der Waals surface area contributed by atoms with E-state index in [4.69, 9.17) is 16.3 Å². The zero-order valence-corrected chi connectivity index (χ0v) is 11.1. The van der Waals surface area contributed by atoms with Crippen molar-refractivity contribution in [2.75, 3.05) is 7.11 Å². The molecule has 0 aromatic heterocycles. The van der Waals surface area contributed by atoms with Crippen LogP contribution >= 0.6 is 11.6 Å². The molecule has 0 N–H and O–H groups in total. The number of hydrogen-bond donors (Lipinski definition) is 0. The molecule has 0 fully saturated rings. The van der Waals surface area contributed by atoms with Crippen LogP contribution in [0.3, 0.4) is 0 Å². The lowest BCUT2D eigenvalue weighted by molar-refractivity contribution is 0.415. The monoisotopic (exact) mass is 259 g/mol. The molecule has 0 amide bonds. The molecule has 0 aliphatic carbocycles. The van der Waals surface area contributed by atoms with E-state index in [0.717, 1.165) is 27.6 Å². The smallest absolute Gasteiger partial charge is 0.118 e. The van der Waals surface area contributed by atoms with Crippen LogP contribution in [-0.2, 0) is 0 Å². The summed E-state index contributed by atoms with van der Waals surface area (Å²) in [6.07, 6.45) is 1.82. The Hall–Kier alpha value is -1.80. The van der Waals surface area contributed by atoms with E-state index in [1.165, 1.54) is 0 Å². The summed E-state index contributed by atoms with van der Waals surface area (Å²) in [7, 11) is 1.65. The number of aliphatic imine (C=N–C) groups is 1. The summed E-state index contributed by atoms with van der Waals surface area (Å²) >= 11 is 6.04. The topological polar surface area (TPSA) is 21.6 Å². The van der Waals surface area contributed by atoms with Gasteiger partial charge in [0, 0.05) is 11.2 Å². The van der Waals surface area contributed by atoms with Gasteiger partial charge in [-0.05, 0) is 54.4 Å². The van der Waals surface area contributed by atoms with Gasteiger partial charge in [-0.3, -0.25) is 4.99 Å². The number of hydrogen-bond acceptors (Lipinski definition) is 2. The molecule has 0 spiro atoms. The predicted molar refractivity (Wildman–Crippen MR) is 76.4 cm³/mol. The zero-order valence-electron chi connectivity index (χ0n) is 10.4. The van der Waals surface area contributed by atoms with Crippen molar-refractivity contribution in [1.82, 2.24) is 0 Å². The SMILES string of the molecule is COc1ccc(C=Nc2cccc(Cl)c2C)cc1. The van der Waals surface area contributed by atoms with Gasteiger partial charge in [0.25, 0.3) is 0 Å². The molecule has 0 saturated heterocycles. The Labute approximate surface area is 112 Å². The summed E-state index contributed by atoms with van der Waals surface area (Å²) < 4.78 is 5.10. The summed E-state index contributed by atoms with van der Waals surface area (Å²) in [6.45, 7) is 1.96. The maximum absolute atomic E-state index is 6.04. The molecular weight excluding hydrogens is 246 g/mol. The molecule has 0 bridgehead atoms. The van der Waals surface area contributed by atoms with Crippen molar-refractivity contribution in [3.8, 4) is 5.75 Å². The minimum absolute atomic E-state index is 0.736. The number of rotatable bonds is 3. The van der Waals surface area contributed by atoms with E-state index >= 15 is 0 Å². The molecule has 2 aromatic carbocycles. The standard InChI is InChI=1S/C15H14ClNO/c1-11-14(16)4-3-5-15(11)17-10-12-6-8-13(18-2)9-7-12/h3-10H,1-2H3. The maximum Gasteiger partial charge on any atom is 0.118 e. The second-order valence-electron chi connectivity index (χ2n) is 3.92. The second-order valence-corrected chi connectivity index (χ2v) is 4.32. The van der Waals surface area contributed by atoms with Gasteiger partial charge in [-0.15, -0.1) is 0 Å². The molecule has 0 aliphatic heterocycles. The average Bonchev–Trinajstić information content (AvgIpc) is 2.41. The third kappa shape index (κ3) is 2.90. The van der Waals surface area contributed by atoms with E-state index in [1.807, 2.05) is 55.6 Å². The second kappa shape index (κ2) is 5.69. The minimum Gasteiger partial charge on any atom is -0.497 e. The highest BCUT2D eigenvalue weighted by Crippen LogP contribution is 2.25. The minimum atomic E-state index is 0.736. The van der Waals surface area contributed by atoms with Crippen molar-refractivity contribution in [1.29, 1.82) is 0 Å². The summed E-state index contributed by atoms with van der Waals surface area (Å²) in [4.78, 5) is 4.44. The molecule has 0 radical (unpaired) electrons. The van der Waals surface area contributed by atoms with Gasteiger partial charge in [0.2, 0.25) is 0 Å². The van der Waals surface area contributed by atoms with Crippen LogP contribution in [0.15, 0.2) is 47.5 Å². The van der Waals surface area contributed by atoms with Crippen LogP contribution in [0, 0.1) is 6.92 Å². The first-order valence-corrected chi connectivity index (χ1v) is 6.02. The fourth-order valence-corrected chi connectivity index (χ4v) is 1.74. The van der Waals surface area contributed by atoms with Crippen molar-refractivity contribution < 1.29 is 4.74 Å². The zero-order chi connectivity index (χ0) is 13.0. The predicted octanol–water partition coefficient (Wildman–Crippen LogP) is 4.41. The van der Waals surface area contributed by atoms with E-state index in [2.05, 4.69) is 4.99 Å². The van der Waals surface area contributed by atoms with Gasteiger partial charge in [0.05, 0.1) is 12.8 Å². The van der Waals surface area contributed by atoms with Gasteiger partial charge in [-0.1, -0.05) is 17.7 Å². The highest BCUT2D eigenvalue weighted by atomic mass is 35.5. The fraction of sp³-hybridized carbons (Fsp3) is 0.133. The highest BCUT2D eigenvalue weighted by molar-refractivity contribution is 6.31. The molecule has 2 rings (SSSR count). The lowest BCUT2D eigenvalue weighted by atomic mass is 10.2. The normalized spacial score (nSPS) is 10.8. The number of ether oxygens (including phenoxy) is 1. The molecule has 2 aromatic rings. The number of benzene rings is 2. The van der Waals surface area contributed by atoms with Gasteiger partial charge >= 0.3 is 0 Å². The summed E-state index contributed by atoms with van der Waals surface area (Å²) in [5.41, 5.74) is 2.90. The van der Waals surface area contributed by atoms with Crippen LogP contribution in [0.5, 0.6) is 5.75 Å². The molecule has 0 atom stereocenters. The fourth-order valence-electron chi connectivity index (χ4n) is 1.57. The molecule has 0 saturated carbocycles. The van der Waals surface area contributed by atoms with Gasteiger partial charge < -0.3 is 4.74 Å². The lowest BCUT2D eigenvalue weighted by Gasteiger charge is -2.02. The van der Waals surface area contributed by atoms with E-state index in [-0.39, 0.29) is 0 Å². The third-order valence-electron chi connectivity index (χ3n) is 2.71. The summed E-state index contributed by atoms with van der Waals surface area (Å²) in [5, 5.41) is 0.736. The number of halogens is 1. The van der Waals surface area contributed by atoms with Crippen molar-refractivity contribution in [3.05, 3.63) is 58.6 Å². The Morgan fingerprint density at radius 3 is 2.50 bits per heavy atom. The van der Waals surface area contributed by atoms with Crippen LogP contribution in [0.4, 0.5) is 5.69 Å². The number of nitrogens with zero attached hydrogens (tertiary/aromatic N) is 1. The molecule has 0 heterocycles. The first-order chi connectivity index (χ1) is 8.70. The van der Waals surface area contributed by atoms with E-state index in [1.54, 1.807) is 7.11 Å². The van der Waals surface area contributed by atoms with Crippen molar-refractivity contribution in [2.24, 2.45) is 4.99 Å². The van der Waals surface area contributed by atoms with Crippen LogP contribution < -0.4 is 4.74 Å². The molecule has 0 unspecified atom stereocenters. The first kappa shape index (κ1) is 12.7. The summed E-state index contributed by atoms with van der Waals surface area (Å²) in [6, 6.07) is 13.4. The highest BCUT2D eigenvalue weighted by Gasteiger charge is 1.99. The quantitative estimate of drug-likeness (QED) is 0.749. The van der Waals surface area contributed by atoms with Gasteiger partial charge in [0.15, 0.2) is 0 Å². The lowest BCUT2D eigenvalue weighted by Crippen LogP contribution is -1.84. The third-order valence-corrected chi connectivity index (χ3v) is 3.12. The number of methoxy groups -OCH3 is 1. The Kier molecular flexibility index (Phi) is 4.00. The van der Waals surface area contributed by atoms with Crippen LogP contribution in [0.2, 0.25) is 5.02 Å². The van der Waals surface area contributed by atoms with Crippen LogP contribution in [-0.4, -0.2) is 13.3 Å². The largest absolute Gasteiger partial charge is 0.497 e. The Balaban J connectivity index is 2.21.